The fraction of sp³-hybridized carbons (Fsp3) is 0.533. The number of nitrogens with one attached hydrogen (secondary N) is 1. The maximum absolute atomic E-state index is 12.3. The summed E-state index contributed by atoms with van der Waals surface area (Å²) >= 11 is 0. The molecular formula is C15H20N4O3S. The van der Waals surface area contributed by atoms with E-state index in [9.17, 15) is 13.2 Å². The molecule has 124 valence electrons. The standard InChI is InChI=1S/C15H20N4O3S/c1-3-4-12-9-19(23(2,21)22)10-14(12)18-15(20)11-5-6-13(7-16)17-8-11/h5-6,8,12,14H,3-4,9-10H2,1-2H3,(H,18,20)/t12-,14-/m1/s1. The maximum Gasteiger partial charge on any atom is 0.253 e. The summed E-state index contributed by atoms with van der Waals surface area (Å²) in [5.41, 5.74) is 0.603. The highest BCUT2D eigenvalue weighted by molar-refractivity contribution is 7.88. The topological polar surface area (TPSA) is 103 Å². The average Bonchev–Trinajstić information content (AvgIpc) is 2.91. The molecule has 7 nitrogen and oxygen atoms in total. The van der Waals surface area contributed by atoms with Gasteiger partial charge in [-0.2, -0.15) is 9.57 Å². The second-order valence-corrected chi connectivity index (χ2v) is 7.74. The molecule has 1 saturated heterocycles. The van der Waals surface area contributed by atoms with Crippen LogP contribution in [0.25, 0.3) is 0 Å². The van der Waals surface area contributed by atoms with E-state index in [1.54, 1.807) is 6.07 Å². The first-order valence-corrected chi connectivity index (χ1v) is 9.32. The molecule has 8 heteroatoms. The Balaban J connectivity index is 2.09. The van der Waals surface area contributed by atoms with Crippen molar-refractivity contribution in [3.63, 3.8) is 0 Å². The second-order valence-electron chi connectivity index (χ2n) is 5.75. The molecule has 0 spiro atoms. The quantitative estimate of drug-likeness (QED) is 0.854. The third kappa shape index (κ3) is 4.27. The number of hydrogen-bond acceptors (Lipinski definition) is 5. The number of nitriles is 1. The van der Waals surface area contributed by atoms with E-state index < -0.39 is 10.0 Å². The number of amides is 1. The second kappa shape index (κ2) is 7.06. The van der Waals surface area contributed by atoms with Gasteiger partial charge in [0.25, 0.3) is 5.91 Å². The summed E-state index contributed by atoms with van der Waals surface area (Å²) in [6, 6.07) is 4.70. The summed E-state index contributed by atoms with van der Waals surface area (Å²) in [5.74, 6) is -0.201. The van der Waals surface area contributed by atoms with Crippen LogP contribution in [0, 0.1) is 17.2 Å². The molecule has 2 heterocycles. The fourth-order valence-corrected chi connectivity index (χ4v) is 3.67. The molecule has 23 heavy (non-hydrogen) atoms. The number of aromatic nitrogens is 1. The predicted molar refractivity (Wildman–Crippen MR) is 85.0 cm³/mol. The molecule has 0 unspecified atom stereocenters. The van der Waals surface area contributed by atoms with Crippen LogP contribution < -0.4 is 5.32 Å². The Kier molecular flexibility index (Phi) is 5.34. The summed E-state index contributed by atoms with van der Waals surface area (Å²) < 4.78 is 24.9. The van der Waals surface area contributed by atoms with E-state index in [2.05, 4.69) is 10.3 Å². The van der Waals surface area contributed by atoms with Crippen LogP contribution in [0.3, 0.4) is 0 Å². The fourth-order valence-electron chi connectivity index (χ4n) is 2.78. The lowest BCUT2D eigenvalue weighted by Crippen LogP contribution is -2.41. The third-order valence-electron chi connectivity index (χ3n) is 3.99. The Bertz CT molecular complexity index is 709. The van der Waals surface area contributed by atoms with Crippen molar-refractivity contribution in [3.8, 4) is 6.07 Å². The van der Waals surface area contributed by atoms with E-state index in [1.165, 1.54) is 22.8 Å². The van der Waals surface area contributed by atoms with E-state index in [1.807, 2.05) is 13.0 Å². The Morgan fingerprint density at radius 1 is 1.48 bits per heavy atom. The van der Waals surface area contributed by atoms with Gasteiger partial charge in [0.1, 0.15) is 11.8 Å². The molecule has 1 amide bonds. The smallest absolute Gasteiger partial charge is 0.253 e. The summed E-state index contributed by atoms with van der Waals surface area (Å²) in [7, 11) is -3.26. The van der Waals surface area contributed by atoms with Crippen molar-refractivity contribution in [2.75, 3.05) is 19.3 Å². The molecule has 1 aromatic heterocycles. The van der Waals surface area contributed by atoms with Crippen LogP contribution in [0.15, 0.2) is 18.3 Å². The Morgan fingerprint density at radius 2 is 2.22 bits per heavy atom. The third-order valence-corrected chi connectivity index (χ3v) is 5.23. The van der Waals surface area contributed by atoms with Gasteiger partial charge in [-0.1, -0.05) is 13.3 Å². The highest BCUT2D eigenvalue weighted by Crippen LogP contribution is 2.24. The average molecular weight is 336 g/mol. The van der Waals surface area contributed by atoms with Gasteiger partial charge in [0.15, 0.2) is 0 Å². The highest BCUT2D eigenvalue weighted by Gasteiger charge is 2.37. The SMILES string of the molecule is CCC[C@@H]1CN(S(C)(=O)=O)C[C@H]1NC(=O)c1ccc(C#N)nc1. The number of sulfonamides is 1. The van der Waals surface area contributed by atoms with Crippen LogP contribution in [0.5, 0.6) is 0 Å². The van der Waals surface area contributed by atoms with Gasteiger partial charge in [-0.15, -0.1) is 0 Å². The van der Waals surface area contributed by atoms with Gasteiger partial charge >= 0.3 is 0 Å². The van der Waals surface area contributed by atoms with Crippen LogP contribution in [0.2, 0.25) is 0 Å². The molecule has 1 aromatic rings. The van der Waals surface area contributed by atoms with Gasteiger partial charge in [0.2, 0.25) is 10.0 Å². The maximum atomic E-state index is 12.3. The lowest BCUT2D eigenvalue weighted by atomic mass is 9.98. The number of carbonyl (C=O) groups excluding carboxylic acids is 1. The first kappa shape index (κ1) is 17.4. The zero-order chi connectivity index (χ0) is 17.0. The lowest BCUT2D eigenvalue weighted by Gasteiger charge is -2.19. The Morgan fingerprint density at radius 3 is 2.74 bits per heavy atom. The summed E-state index contributed by atoms with van der Waals surface area (Å²) in [6.45, 7) is 2.76. The summed E-state index contributed by atoms with van der Waals surface area (Å²) in [5, 5.41) is 11.6. The Hall–Kier alpha value is -1.98. The monoisotopic (exact) mass is 336 g/mol. The zero-order valence-electron chi connectivity index (χ0n) is 13.2. The molecular weight excluding hydrogens is 316 g/mol. The molecule has 1 aliphatic rings. The van der Waals surface area contributed by atoms with Gasteiger partial charge in [0.05, 0.1) is 11.8 Å². The lowest BCUT2D eigenvalue weighted by molar-refractivity contribution is 0.0929. The van der Waals surface area contributed by atoms with Crippen LogP contribution in [0.1, 0.15) is 35.8 Å². The van der Waals surface area contributed by atoms with Crippen molar-refractivity contribution in [2.45, 2.75) is 25.8 Å². The van der Waals surface area contributed by atoms with E-state index >= 15 is 0 Å². The molecule has 0 radical (unpaired) electrons. The van der Waals surface area contributed by atoms with E-state index in [-0.39, 0.29) is 23.6 Å². The van der Waals surface area contributed by atoms with Crippen molar-refractivity contribution in [1.29, 1.82) is 5.26 Å². The molecule has 2 atom stereocenters. The van der Waals surface area contributed by atoms with Crippen molar-refractivity contribution >= 4 is 15.9 Å². The van der Waals surface area contributed by atoms with Crippen LogP contribution in [0.4, 0.5) is 0 Å². The summed E-state index contributed by atoms with van der Waals surface area (Å²) in [4.78, 5) is 16.2. The highest BCUT2D eigenvalue weighted by atomic mass is 32.2. The molecule has 0 bridgehead atoms. The van der Waals surface area contributed by atoms with Crippen molar-refractivity contribution in [1.82, 2.24) is 14.6 Å². The minimum absolute atomic E-state index is 0.102. The van der Waals surface area contributed by atoms with E-state index in [0.717, 1.165) is 12.8 Å². The molecule has 0 saturated carbocycles. The van der Waals surface area contributed by atoms with Crippen LogP contribution in [-0.2, 0) is 10.0 Å². The number of carbonyl (C=O) groups is 1. The van der Waals surface area contributed by atoms with Gasteiger partial charge in [0, 0.05) is 25.3 Å². The number of pyridine rings is 1. The van der Waals surface area contributed by atoms with E-state index in [0.29, 0.717) is 18.7 Å². The number of rotatable bonds is 5. The minimum atomic E-state index is -3.26. The van der Waals surface area contributed by atoms with Crippen molar-refractivity contribution in [2.24, 2.45) is 5.92 Å². The van der Waals surface area contributed by atoms with Crippen molar-refractivity contribution in [3.05, 3.63) is 29.6 Å². The molecule has 1 fully saturated rings. The number of hydrogen-bond donors (Lipinski definition) is 1. The molecule has 1 aliphatic heterocycles. The van der Waals surface area contributed by atoms with E-state index in [4.69, 9.17) is 5.26 Å². The predicted octanol–water partition coefficient (Wildman–Crippen LogP) is 0.743. The Labute approximate surface area is 136 Å². The normalized spacial score (nSPS) is 21.8. The summed E-state index contributed by atoms with van der Waals surface area (Å²) in [6.07, 6.45) is 4.31. The zero-order valence-corrected chi connectivity index (χ0v) is 14.0. The van der Waals surface area contributed by atoms with Crippen LogP contribution in [-0.4, -0.2) is 49.0 Å². The molecule has 0 aliphatic carbocycles. The first-order chi connectivity index (χ1) is 10.8. The van der Waals surface area contributed by atoms with Gasteiger partial charge in [-0.25, -0.2) is 13.4 Å². The van der Waals surface area contributed by atoms with Gasteiger partial charge in [-0.3, -0.25) is 4.79 Å². The molecule has 0 aromatic carbocycles. The van der Waals surface area contributed by atoms with Gasteiger partial charge < -0.3 is 5.32 Å². The van der Waals surface area contributed by atoms with Gasteiger partial charge in [-0.05, 0) is 24.5 Å². The van der Waals surface area contributed by atoms with Crippen molar-refractivity contribution < 1.29 is 13.2 Å². The minimum Gasteiger partial charge on any atom is -0.348 e. The van der Waals surface area contributed by atoms with Crippen LogP contribution >= 0.6 is 0 Å². The molecule has 2 rings (SSSR count). The largest absolute Gasteiger partial charge is 0.348 e. The molecule has 1 N–H and O–H groups in total. The first-order valence-electron chi connectivity index (χ1n) is 7.47. The number of nitrogens with zero attached hydrogens (tertiary/aromatic N) is 3.